The van der Waals surface area contributed by atoms with Crippen molar-refractivity contribution in [3.8, 4) is 5.75 Å². The predicted octanol–water partition coefficient (Wildman–Crippen LogP) is 2.39. The minimum Gasteiger partial charge on any atom is -0.495 e. The lowest BCUT2D eigenvalue weighted by molar-refractivity contribution is 0.402. The number of hydrogen-bond donors (Lipinski definition) is 1. The first-order chi connectivity index (χ1) is 9.44. The first-order valence-corrected chi connectivity index (χ1v) is 7.49. The highest BCUT2D eigenvalue weighted by Crippen LogP contribution is 2.27. The van der Waals surface area contributed by atoms with Crippen LogP contribution in [0.25, 0.3) is 0 Å². The van der Waals surface area contributed by atoms with Gasteiger partial charge in [-0.15, -0.1) is 0 Å². The number of nitrogen functional groups attached to an aromatic ring is 1. The van der Waals surface area contributed by atoms with Crippen LogP contribution < -0.4 is 10.5 Å². The van der Waals surface area contributed by atoms with Crippen LogP contribution in [0.1, 0.15) is 5.56 Å². The second-order valence-corrected chi connectivity index (χ2v) is 6.21. The largest absolute Gasteiger partial charge is 0.495 e. The van der Waals surface area contributed by atoms with E-state index in [0.717, 1.165) is 6.07 Å². The Labute approximate surface area is 116 Å². The molecular weight excluding hydrogens is 281 g/mol. The van der Waals surface area contributed by atoms with E-state index in [0.29, 0.717) is 0 Å². The van der Waals surface area contributed by atoms with Gasteiger partial charge in [0, 0.05) is 5.69 Å². The molecule has 0 heterocycles. The number of rotatable bonds is 4. The van der Waals surface area contributed by atoms with Crippen LogP contribution in [0.2, 0.25) is 0 Å². The van der Waals surface area contributed by atoms with Gasteiger partial charge in [0.2, 0.25) is 0 Å². The van der Waals surface area contributed by atoms with E-state index in [2.05, 4.69) is 0 Å². The summed E-state index contributed by atoms with van der Waals surface area (Å²) < 4.78 is 43.0. The van der Waals surface area contributed by atoms with E-state index in [1.54, 1.807) is 18.2 Å². The van der Waals surface area contributed by atoms with E-state index in [1.165, 1.54) is 25.3 Å². The molecule has 0 bridgehead atoms. The van der Waals surface area contributed by atoms with Crippen molar-refractivity contribution in [3.05, 3.63) is 53.8 Å². The molecule has 0 fully saturated rings. The highest BCUT2D eigenvalue weighted by Gasteiger charge is 2.21. The van der Waals surface area contributed by atoms with Crippen LogP contribution in [0.3, 0.4) is 0 Å². The summed E-state index contributed by atoms with van der Waals surface area (Å²) in [6, 6.07) is 9.95. The minimum absolute atomic E-state index is 0.0613. The highest BCUT2D eigenvalue weighted by molar-refractivity contribution is 7.90. The number of benzene rings is 2. The molecule has 0 aromatic heterocycles. The molecule has 106 valence electrons. The van der Waals surface area contributed by atoms with Gasteiger partial charge >= 0.3 is 0 Å². The Morgan fingerprint density at radius 1 is 1.20 bits per heavy atom. The van der Waals surface area contributed by atoms with Gasteiger partial charge < -0.3 is 10.5 Å². The standard InChI is InChI=1S/C14H14FNO3S/c1-19-13-4-2-3-5-14(13)20(17,18)9-10-8-11(15)6-7-12(10)16/h2-8H,9,16H2,1H3. The minimum atomic E-state index is -3.67. The van der Waals surface area contributed by atoms with Crippen LogP contribution in [0.5, 0.6) is 5.75 Å². The SMILES string of the molecule is COc1ccccc1S(=O)(=O)Cc1cc(F)ccc1N. The molecule has 0 aliphatic rings. The summed E-state index contributed by atoms with van der Waals surface area (Å²) in [5.74, 6) is -0.649. The number of ether oxygens (including phenoxy) is 1. The third kappa shape index (κ3) is 2.91. The van der Waals surface area contributed by atoms with Gasteiger partial charge in [-0.2, -0.15) is 0 Å². The van der Waals surface area contributed by atoms with Crippen LogP contribution in [0.15, 0.2) is 47.4 Å². The summed E-state index contributed by atoms with van der Waals surface area (Å²) in [5, 5.41) is 0. The van der Waals surface area contributed by atoms with Gasteiger partial charge in [0.25, 0.3) is 0 Å². The molecule has 2 rings (SSSR count). The molecule has 2 aromatic carbocycles. The van der Waals surface area contributed by atoms with E-state index in [1.807, 2.05) is 0 Å². The van der Waals surface area contributed by atoms with E-state index in [9.17, 15) is 12.8 Å². The number of methoxy groups -OCH3 is 1. The maximum atomic E-state index is 13.2. The molecule has 0 aliphatic heterocycles. The molecule has 0 saturated carbocycles. The zero-order chi connectivity index (χ0) is 14.8. The molecule has 0 atom stereocenters. The first-order valence-electron chi connectivity index (χ1n) is 5.84. The molecule has 6 heteroatoms. The molecule has 0 spiro atoms. The number of anilines is 1. The second kappa shape index (κ2) is 5.50. The van der Waals surface area contributed by atoms with Crippen molar-refractivity contribution in [2.24, 2.45) is 0 Å². The molecule has 0 radical (unpaired) electrons. The van der Waals surface area contributed by atoms with Crippen molar-refractivity contribution in [1.29, 1.82) is 0 Å². The molecule has 2 aromatic rings. The Kier molecular flexibility index (Phi) is 3.94. The van der Waals surface area contributed by atoms with Crippen molar-refractivity contribution in [3.63, 3.8) is 0 Å². The van der Waals surface area contributed by atoms with Crippen molar-refractivity contribution in [1.82, 2.24) is 0 Å². The third-order valence-corrected chi connectivity index (χ3v) is 4.55. The Morgan fingerprint density at radius 3 is 2.60 bits per heavy atom. The molecule has 2 N–H and O–H groups in total. The first kappa shape index (κ1) is 14.3. The van der Waals surface area contributed by atoms with E-state index < -0.39 is 15.7 Å². The van der Waals surface area contributed by atoms with Crippen molar-refractivity contribution < 1.29 is 17.5 Å². The monoisotopic (exact) mass is 295 g/mol. The molecule has 20 heavy (non-hydrogen) atoms. The van der Waals surface area contributed by atoms with Crippen molar-refractivity contribution in [2.75, 3.05) is 12.8 Å². The normalized spacial score (nSPS) is 11.3. The Hall–Kier alpha value is -2.08. The summed E-state index contributed by atoms with van der Waals surface area (Å²) in [5.41, 5.74) is 6.16. The van der Waals surface area contributed by atoms with E-state index in [4.69, 9.17) is 10.5 Å². The van der Waals surface area contributed by atoms with E-state index >= 15 is 0 Å². The van der Waals surface area contributed by atoms with Gasteiger partial charge in [0.05, 0.1) is 12.9 Å². The van der Waals surface area contributed by atoms with Crippen molar-refractivity contribution in [2.45, 2.75) is 10.6 Å². The fourth-order valence-electron chi connectivity index (χ4n) is 1.86. The smallest absolute Gasteiger partial charge is 0.186 e. The van der Waals surface area contributed by atoms with Gasteiger partial charge in [-0.1, -0.05) is 12.1 Å². The summed E-state index contributed by atoms with van der Waals surface area (Å²) >= 11 is 0. The predicted molar refractivity (Wildman–Crippen MR) is 74.7 cm³/mol. The average Bonchev–Trinajstić information content (AvgIpc) is 2.42. The number of hydrogen-bond acceptors (Lipinski definition) is 4. The summed E-state index contributed by atoms with van der Waals surface area (Å²) in [6.45, 7) is 0. The molecule has 4 nitrogen and oxygen atoms in total. The Bertz CT molecular complexity index is 729. The second-order valence-electron chi connectivity index (χ2n) is 4.25. The van der Waals surface area contributed by atoms with Gasteiger partial charge in [0.15, 0.2) is 9.84 Å². The third-order valence-electron chi connectivity index (χ3n) is 2.85. The fraction of sp³-hybridized carbons (Fsp3) is 0.143. The molecule has 0 amide bonds. The Balaban J connectivity index is 2.43. The quantitative estimate of drug-likeness (QED) is 0.879. The Morgan fingerprint density at radius 2 is 1.90 bits per heavy atom. The van der Waals surface area contributed by atoms with Crippen LogP contribution in [0, 0.1) is 5.82 Å². The van der Waals surface area contributed by atoms with Crippen LogP contribution in [-0.4, -0.2) is 15.5 Å². The molecular formula is C14H14FNO3S. The van der Waals surface area contributed by atoms with Gasteiger partial charge in [-0.25, -0.2) is 12.8 Å². The van der Waals surface area contributed by atoms with Crippen molar-refractivity contribution >= 4 is 15.5 Å². The summed E-state index contributed by atoms with van der Waals surface area (Å²) in [7, 11) is -2.27. The lowest BCUT2D eigenvalue weighted by atomic mass is 10.2. The highest BCUT2D eigenvalue weighted by atomic mass is 32.2. The zero-order valence-electron chi connectivity index (χ0n) is 10.8. The van der Waals surface area contributed by atoms with Gasteiger partial charge in [-0.3, -0.25) is 0 Å². The molecule has 0 aliphatic carbocycles. The van der Waals surface area contributed by atoms with Gasteiger partial charge in [0.1, 0.15) is 16.5 Å². The number of nitrogens with two attached hydrogens (primary N) is 1. The topological polar surface area (TPSA) is 69.4 Å². The van der Waals surface area contributed by atoms with Crippen LogP contribution in [0.4, 0.5) is 10.1 Å². The van der Waals surface area contributed by atoms with Crippen LogP contribution >= 0.6 is 0 Å². The summed E-state index contributed by atoms with van der Waals surface area (Å²) in [4.78, 5) is 0.0613. The average molecular weight is 295 g/mol. The number of sulfone groups is 1. The molecule has 0 unspecified atom stereocenters. The fourth-order valence-corrected chi connectivity index (χ4v) is 3.42. The lowest BCUT2D eigenvalue weighted by Gasteiger charge is -2.10. The maximum absolute atomic E-state index is 13.2. The van der Waals surface area contributed by atoms with Gasteiger partial charge in [-0.05, 0) is 35.9 Å². The number of para-hydroxylation sites is 1. The van der Waals surface area contributed by atoms with Crippen LogP contribution in [-0.2, 0) is 15.6 Å². The maximum Gasteiger partial charge on any atom is 0.186 e. The molecule has 0 saturated heterocycles. The number of halogens is 1. The lowest BCUT2D eigenvalue weighted by Crippen LogP contribution is -2.08. The summed E-state index contributed by atoms with van der Waals surface area (Å²) in [6.07, 6.45) is 0. The zero-order valence-corrected chi connectivity index (χ0v) is 11.7. The van der Waals surface area contributed by atoms with E-state index in [-0.39, 0.29) is 27.6 Å².